The first-order valence-electron chi connectivity index (χ1n) is 10.3. The number of hydrogen-bond donors (Lipinski definition) is 2. The van der Waals surface area contributed by atoms with Crippen LogP contribution < -0.4 is 10.6 Å². The van der Waals surface area contributed by atoms with Crippen molar-refractivity contribution < 1.29 is 0 Å². The van der Waals surface area contributed by atoms with Crippen molar-refractivity contribution in [2.45, 2.75) is 44.6 Å². The number of likely N-dealkylation sites (tertiary alicyclic amines) is 1. The predicted molar refractivity (Wildman–Crippen MR) is 108 cm³/mol. The molecule has 0 spiro atoms. The van der Waals surface area contributed by atoms with Crippen molar-refractivity contribution in [3.63, 3.8) is 0 Å². The van der Waals surface area contributed by atoms with E-state index < -0.39 is 0 Å². The molecule has 2 aliphatic rings. The Hall–Kier alpha value is -2.15. The fourth-order valence-corrected chi connectivity index (χ4v) is 4.42. The highest BCUT2D eigenvalue weighted by molar-refractivity contribution is 5.80. The Bertz CT molecular complexity index is 763. The van der Waals surface area contributed by atoms with Gasteiger partial charge in [0.15, 0.2) is 11.6 Å². The minimum absolute atomic E-state index is 0.492. The van der Waals surface area contributed by atoms with Crippen LogP contribution in [-0.4, -0.2) is 64.7 Å². The zero-order chi connectivity index (χ0) is 18.5. The average Bonchev–Trinajstić information content (AvgIpc) is 3.43. The zero-order valence-electron chi connectivity index (χ0n) is 16.3. The van der Waals surface area contributed by atoms with Crippen LogP contribution in [0, 0.1) is 5.92 Å². The second-order valence-corrected chi connectivity index (χ2v) is 7.83. The van der Waals surface area contributed by atoms with Crippen LogP contribution in [-0.2, 0) is 6.42 Å². The molecule has 3 heterocycles. The maximum absolute atomic E-state index is 4.39. The molecule has 0 bridgehead atoms. The zero-order valence-corrected chi connectivity index (χ0v) is 16.3. The van der Waals surface area contributed by atoms with E-state index in [0.717, 1.165) is 42.9 Å². The highest BCUT2D eigenvalue weighted by Crippen LogP contribution is 2.26. The van der Waals surface area contributed by atoms with Crippen LogP contribution >= 0.6 is 0 Å². The molecule has 1 saturated heterocycles. The number of rotatable bonds is 6. The Balaban J connectivity index is 1.21. The van der Waals surface area contributed by atoms with Gasteiger partial charge in [0.2, 0.25) is 0 Å². The highest BCUT2D eigenvalue weighted by atomic mass is 15.3. The maximum atomic E-state index is 4.39. The molecule has 7 heteroatoms. The van der Waals surface area contributed by atoms with Crippen LogP contribution in [0.25, 0.3) is 5.65 Å². The van der Waals surface area contributed by atoms with Crippen molar-refractivity contribution in [2.75, 3.05) is 33.2 Å². The van der Waals surface area contributed by atoms with Gasteiger partial charge in [0, 0.05) is 51.9 Å². The summed E-state index contributed by atoms with van der Waals surface area (Å²) in [6, 6.07) is 6.45. The van der Waals surface area contributed by atoms with Gasteiger partial charge in [-0.05, 0) is 37.3 Å². The van der Waals surface area contributed by atoms with Crippen LogP contribution in [0.15, 0.2) is 29.4 Å². The number of pyridine rings is 1. The largest absolute Gasteiger partial charge is 0.356 e. The summed E-state index contributed by atoms with van der Waals surface area (Å²) in [5, 5.41) is 15.5. The fraction of sp³-hybridized carbons (Fsp3) is 0.650. The van der Waals surface area contributed by atoms with E-state index in [1.165, 1.54) is 45.2 Å². The first kappa shape index (κ1) is 18.2. The molecule has 1 saturated carbocycles. The molecule has 1 aliphatic carbocycles. The topological polar surface area (TPSA) is 69.8 Å². The minimum Gasteiger partial charge on any atom is -0.356 e. The molecule has 1 atom stereocenters. The van der Waals surface area contributed by atoms with Gasteiger partial charge in [0.25, 0.3) is 0 Å². The van der Waals surface area contributed by atoms with Crippen molar-refractivity contribution in [3.05, 3.63) is 30.2 Å². The Morgan fingerprint density at radius 1 is 1.22 bits per heavy atom. The minimum atomic E-state index is 0.492. The van der Waals surface area contributed by atoms with E-state index in [9.17, 15) is 0 Å². The Morgan fingerprint density at radius 3 is 2.96 bits per heavy atom. The predicted octanol–water partition coefficient (Wildman–Crippen LogP) is 1.70. The van der Waals surface area contributed by atoms with Gasteiger partial charge in [-0.15, -0.1) is 10.2 Å². The van der Waals surface area contributed by atoms with Gasteiger partial charge in [-0.3, -0.25) is 9.39 Å². The normalized spacial score (nSPS) is 22.0. The van der Waals surface area contributed by atoms with Crippen LogP contribution in [0.5, 0.6) is 0 Å². The SMILES string of the molecule is CN=C(NCCc1nnc2ccccn12)NC1CCN(CC2CCCC2)C1. The van der Waals surface area contributed by atoms with Crippen LogP contribution in [0.1, 0.15) is 37.9 Å². The highest BCUT2D eigenvalue weighted by Gasteiger charge is 2.26. The molecular weight excluding hydrogens is 338 g/mol. The molecule has 146 valence electrons. The van der Waals surface area contributed by atoms with Gasteiger partial charge in [-0.2, -0.15) is 0 Å². The van der Waals surface area contributed by atoms with Gasteiger partial charge in [0.1, 0.15) is 5.82 Å². The third-order valence-corrected chi connectivity index (χ3v) is 5.85. The number of aliphatic imine (C=N–C) groups is 1. The summed E-state index contributed by atoms with van der Waals surface area (Å²) in [5.41, 5.74) is 0.892. The summed E-state index contributed by atoms with van der Waals surface area (Å²) in [4.78, 5) is 7.02. The summed E-state index contributed by atoms with van der Waals surface area (Å²) in [6.07, 6.45) is 9.72. The molecule has 0 radical (unpaired) electrons. The van der Waals surface area contributed by atoms with Gasteiger partial charge >= 0.3 is 0 Å². The summed E-state index contributed by atoms with van der Waals surface area (Å²) >= 11 is 0. The first-order valence-corrected chi connectivity index (χ1v) is 10.3. The van der Waals surface area contributed by atoms with Crippen molar-refractivity contribution >= 4 is 11.6 Å². The second kappa shape index (κ2) is 8.69. The number of fused-ring (bicyclic) bond motifs is 1. The van der Waals surface area contributed by atoms with E-state index in [2.05, 4.69) is 30.7 Å². The van der Waals surface area contributed by atoms with Crippen LogP contribution in [0.4, 0.5) is 0 Å². The third kappa shape index (κ3) is 4.58. The smallest absolute Gasteiger partial charge is 0.191 e. The van der Waals surface area contributed by atoms with E-state index in [4.69, 9.17) is 0 Å². The fourth-order valence-electron chi connectivity index (χ4n) is 4.42. The number of aromatic nitrogens is 3. The van der Waals surface area contributed by atoms with Crippen molar-refractivity contribution in [1.82, 2.24) is 30.1 Å². The molecule has 1 aliphatic heterocycles. The third-order valence-electron chi connectivity index (χ3n) is 5.85. The van der Waals surface area contributed by atoms with Crippen molar-refractivity contribution in [3.8, 4) is 0 Å². The molecule has 2 fully saturated rings. The molecule has 7 nitrogen and oxygen atoms in total. The summed E-state index contributed by atoms with van der Waals surface area (Å²) in [6.45, 7) is 4.40. The van der Waals surface area contributed by atoms with Crippen molar-refractivity contribution in [1.29, 1.82) is 0 Å². The standard InChI is InChI=1S/C20H31N7/c1-21-20(22-11-9-19-25-24-18-8-4-5-12-27(18)19)23-17-10-13-26(15-17)14-16-6-2-3-7-16/h4-5,8,12,16-17H,2-3,6-7,9-11,13-15H2,1H3,(H2,21,22,23). The van der Waals surface area contributed by atoms with Crippen LogP contribution in [0.2, 0.25) is 0 Å². The molecule has 27 heavy (non-hydrogen) atoms. The lowest BCUT2D eigenvalue weighted by Crippen LogP contribution is -2.45. The summed E-state index contributed by atoms with van der Waals surface area (Å²) in [5.74, 6) is 2.79. The van der Waals surface area contributed by atoms with Gasteiger partial charge in [0.05, 0.1) is 0 Å². The van der Waals surface area contributed by atoms with E-state index in [-0.39, 0.29) is 0 Å². The monoisotopic (exact) mass is 369 g/mol. The Kier molecular flexibility index (Phi) is 5.87. The quantitative estimate of drug-likeness (QED) is 0.599. The number of nitrogens with zero attached hydrogens (tertiary/aromatic N) is 5. The molecule has 0 amide bonds. The van der Waals surface area contributed by atoms with Crippen LogP contribution in [0.3, 0.4) is 0 Å². The van der Waals surface area contributed by atoms with E-state index >= 15 is 0 Å². The molecule has 2 aromatic heterocycles. The van der Waals surface area contributed by atoms with E-state index in [1.807, 2.05) is 35.8 Å². The lowest BCUT2D eigenvalue weighted by Gasteiger charge is -2.21. The van der Waals surface area contributed by atoms with E-state index in [1.54, 1.807) is 0 Å². The van der Waals surface area contributed by atoms with Gasteiger partial charge in [-0.25, -0.2) is 0 Å². The van der Waals surface area contributed by atoms with Gasteiger partial charge < -0.3 is 15.5 Å². The second-order valence-electron chi connectivity index (χ2n) is 7.83. The lowest BCUT2D eigenvalue weighted by atomic mass is 10.1. The maximum Gasteiger partial charge on any atom is 0.191 e. The first-order chi connectivity index (χ1) is 13.3. The Labute approximate surface area is 161 Å². The Morgan fingerprint density at radius 2 is 2.11 bits per heavy atom. The van der Waals surface area contributed by atoms with Crippen molar-refractivity contribution in [2.24, 2.45) is 10.9 Å². The number of nitrogens with one attached hydrogen (secondary N) is 2. The average molecular weight is 370 g/mol. The van der Waals surface area contributed by atoms with Gasteiger partial charge in [-0.1, -0.05) is 18.9 Å². The molecular formula is C20H31N7. The molecule has 2 N–H and O–H groups in total. The van der Waals surface area contributed by atoms with E-state index in [0.29, 0.717) is 6.04 Å². The molecule has 4 rings (SSSR count). The summed E-state index contributed by atoms with van der Waals surface area (Å²) in [7, 11) is 1.84. The molecule has 0 aromatic carbocycles. The number of hydrogen-bond acceptors (Lipinski definition) is 4. The number of guanidine groups is 1. The summed E-state index contributed by atoms with van der Waals surface area (Å²) < 4.78 is 2.04. The molecule has 1 unspecified atom stereocenters. The lowest BCUT2D eigenvalue weighted by molar-refractivity contribution is 0.275. The molecule has 2 aromatic rings.